The average molecular weight is 736 g/mol. The van der Waals surface area contributed by atoms with Crippen LogP contribution in [0.2, 0.25) is 0 Å². The maximum absolute atomic E-state index is 6.94. The first kappa shape index (κ1) is 31.9. The number of rotatable bonds is 4. The van der Waals surface area contributed by atoms with Crippen LogP contribution in [0, 0.1) is 0 Å². The number of furan rings is 1. The summed E-state index contributed by atoms with van der Waals surface area (Å²) in [6.07, 6.45) is 0. The lowest BCUT2D eigenvalue weighted by Crippen LogP contribution is -2.22. The Morgan fingerprint density at radius 1 is 0.411 bits per heavy atom. The number of anilines is 3. The summed E-state index contributed by atoms with van der Waals surface area (Å²) >= 11 is 1.86. The average Bonchev–Trinajstić information content (AvgIpc) is 3.94. The summed E-state index contributed by atoms with van der Waals surface area (Å²) in [5.41, 5.74) is 16.6. The van der Waals surface area contributed by atoms with E-state index in [4.69, 9.17) is 4.42 Å². The fourth-order valence-electron chi connectivity index (χ4n) is 10.2. The van der Waals surface area contributed by atoms with Crippen LogP contribution in [-0.4, -0.2) is 0 Å². The normalized spacial score (nSPS) is 14.6. The highest BCUT2D eigenvalue weighted by Crippen LogP contribution is 2.55. The van der Waals surface area contributed by atoms with Gasteiger partial charge in [-0.2, -0.15) is 0 Å². The van der Waals surface area contributed by atoms with Crippen LogP contribution in [0.1, 0.15) is 48.6 Å². The highest BCUT2D eigenvalue weighted by Gasteiger charge is 2.42. The van der Waals surface area contributed by atoms with Crippen LogP contribution in [0.4, 0.5) is 17.1 Å². The van der Waals surface area contributed by atoms with Crippen LogP contribution in [0.5, 0.6) is 0 Å². The number of para-hydroxylation sites is 1. The van der Waals surface area contributed by atoms with Gasteiger partial charge in [-0.1, -0.05) is 135 Å². The Balaban J connectivity index is 1.07. The van der Waals surface area contributed by atoms with E-state index in [9.17, 15) is 0 Å². The van der Waals surface area contributed by atoms with Crippen molar-refractivity contribution in [2.45, 2.75) is 31.6 Å². The fraction of sp³-hybridized carbons (Fsp3) is 0.0943. The molecule has 266 valence electrons. The van der Waals surface area contributed by atoms with Gasteiger partial charge in [-0.05, 0) is 100.0 Å². The molecule has 0 spiro atoms. The van der Waals surface area contributed by atoms with Crippen molar-refractivity contribution in [3.63, 3.8) is 0 Å². The molecule has 2 aromatic heterocycles. The first-order valence-corrected chi connectivity index (χ1v) is 20.3. The Morgan fingerprint density at radius 3 is 1.75 bits per heavy atom. The molecule has 56 heavy (non-hydrogen) atoms. The molecule has 0 bridgehead atoms. The van der Waals surface area contributed by atoms with Gasteiger partial charge in [0, 0.05) is 64.4 Å². The van der Waals surface area contributed by atoms with Crippen LogP contribution in [0.3, 0.4) is 0 Å². The summed E-state index contributed by atoms with van der Waals surface area (Å²) in [5.74, 6) is 0. The zero-order valence-electron chi connectivity index (χ0n) is 31.4. The lowest BCUT2D eigenvalue weighted by atomic mass is 9.74. The van der Waals surface area contributed by atoms with Crippen LogP contribution < -0.4 is 4.90 Å². The molecule has 0 N–H and O–H groups in total. The molecule has 3 heteroatoms. The molecular formula is C53H37NOS. The van der Waals surface area contributed by atoms with E-state index < -0.39 is 0 Å². The van der Waals surface area contributed by atoms with E-state index in [1.54, 1.807) is 0 Å². The van der Waals surface area contributed by atoms with Gasteiger partial charge in [-0.15, -0.1) is 11.3 Å². The van der Waals surface area contributed by atoms with E-state index in [2.05, 4.69) is 196 Å². The summed E-state index contributed by atoms with van der Waals surface area (Å²) in [7, 11) is 0. The van der Waals surface area contributed by atoms with E-state index >= 15 is 0 Å². The third-order valence-corrected chi connectivity index (χ3v) is 14.1. The minimum absolute atomic E-state index is 0.113. The molecule has 0 unspecified atom stereocenters. The molecule has 12 rings (SSSR count). The SMILES string of the molecule is CC1(C)c2ccccc2-c2ccc(N(c3ccc4c(c3)sc3ccccc34)c3ccc4oc5c(C6(C)c7ccccc7-c7ccccc76)cccc5c4c3)cc21. The highest BCUT2D eigenvalue weighted by atomic mass is 32.1. The number of hydrogen-bond donors (Lipinski definition) is 0. The van der Waals surface area contributed by atoms with Crippen molar-refractivity contribution in [1.29, 1.82) is 0 Å². The summed E-state index contributed by atoms with van der Waals surface area (Å²) < 4.78 is 9.53. The first-order valence-electron chi connectivity index (χ1n) is 19.5. The number of fused-ring (bicyclic) bond motifs is 12. The molecule has 2 heterocycles. The topological polar surface area (TPSA) is 16.4 Å². The van der Waals surface area contributed by atoms with Crippen molar-refractivity contribution in [1.82, 2.24) is 0 Å². The van der Waals surface area contributed by atoms with E-state index in [1.807, 2.05) is 11.3 Å². The van der Waals surface area contributed by atoms with Crippen LogP contribution in [-0.2, 0) is 10.8 Å². The van der Waals surface area contributed by atoms with Gasteiger partial charge in [0.2, 0.25) is 0 Å². The summed E-state index contributed by atoms with van der Waals surface area (Å²) in [6.45, 7) is 7.08. The molecule has 0 aliphatic heterocycles. The van der Waals surface area contributed by atoms with E-state index in [0.29, 0.717) is 0 Å². The standard InChI is InChI=1S/C53H37NOS/c1-52(2)43-18-8-4-13-35(43)38-26-23-33(30-47(38)52)54(34-24-27-40-39-16-7-11-22-49(39)56-50(40)31-34)32-25-28-48-42(29-32)41-17-12-21-46(51(41)55-48)53(3)44-19-9-5-14-36(44)37-15-6-10-20-45(37)53/h4-31H,1-3H3. The Morgan fingerprint density at radius 2 is 0.964 bits per heavy atom. The zero-order chi connectivity index (χ0) is 37.3. The monoisotopic (exact) mass is 735 g/mol. The lowest BCUT2D eigenvalue weighted by molar-refractivity contribution is 0.638. The Kier molecular flexibility index (Phi) is 6.44. The lowest BCUT2D eigenvalue weighted by Gasteiger charge is -2.28. The minimum Gasteiger partial charge on any atom is -0.456 e. The van der Waals surface area contributed by atoms with Gasteiger partial charge in [0.1, 0.15) is 11.2 Å². The molecule has 10 aromatic rings. The number of hydrogen-bond acceptors (Lipinski definition) is 3. The second kappa shape index (κ2) is 11.3. The molecular weight excluding hydrogens is 699 g/mol. The van der Waals surface area contributed by atoms with Gasteiger partial charge >= 0.3 is 0 Å². The van der Waals surface area contributed by atoms with E-state index in [0.717, 1.165) is 39.0 Å². The molecule has 2 nitrogen and oxygen atoms in total. The maximum Gasteiger partial charge on any atom is 0.139 e. The summed E-state index contributed by atoms with van der Waals surface area (Å²) in [5, 5.41) is 4.86. The predicted molar refractivity (Wildman–Crippen MR) is 236 cm³/mol. The molecule has 0 amide bonds. The molecule has 0 atom stereocenters. The maximum atomic E-state index is 6.94. The minimum atomic E-state index is -0.357. The highest BCUT2D eigenvalue weighted by molar-refractivity contribution is 7.25. The van der Waals surface area contributed by atoms with Gasteiger partial charge in [0.25, 0.3) is 0 Å². The third-order valence-electron chi connectivity index (χ3n) is 12.9. The summed E-state index contributed by atoms with van der Waals surface area (Å²) in [6, 6.07) is 62.8. The Bertz CT molecular complexity index is 3220. The van der Waals surface area contributed by atoms with Crippen molar-refractivity contribution in [2.24, 2.45) is 0 Å². The molecule has 2 aliphatic rings. The van der Waals surface area contributed by atoms with Crippen molar-refractivity contribution in [3.8, 4) is 22.3 Å². The number of nitrogens with zero attached hydrogens (tertiary/aromatic N) is 1. The second-order valence-corrected chi connectivity index (χ2v) is 17.3. The molecule has 0 radical (unpaired) electrons. The third kappa shape index (κ3) is 4.21. The van der Waals surface area contributed by atoms with Gasteiger partial charge in [-0.3, -0.25) is 0 Å². The first-order chi connectivity index (χ1) is 27.4. The number of benzene rings is 8. The van der Waals surface area contributed by atoms with Gasteiger partial charge in [-0.25, -0.2) is 0 Å². The van der Waals surface area contributed by atoms with Gasteiger partial charge in [0.05, 0.1) is 0 Å². The molecule has 0 fully saturated rings. The van der Waals surface area contributed by atoms with Crippen molar-refractivity contribution < 1.29 is 4.42 Å². The molecule has 8 aromatic carbocycles. The quantitative estimate of drug-likeness (QED) is 0.179. The van der Waals surface area contributed by atoms with Crippen molar-refractivity contribution in [3.05, 3.63) is 198 Å². The molecule has 0 saturated heterocycles. The fourth-order valence-corrected chi connectivity index (χ4v) is 11.3. The van der Waals surface area contributed by atoms with E-state index in [-0.39, 0.29) is 10.8 Å². The molecule has 2 aliphatic carbocycles. The zero-order valence-corrected chi connectivity index (χ0v) is 32.2. The van der Waals surface area contributed by atoms with Crippen LogP contribution in [0.25, 0.3) is 64.4 Å². The largest absolute Gasteiger partial charge is 0.456 e. The number of thiophene rings is 1. The van der Waals surface area contributed by atoms with Gasteiger partial charge < -0.3 is 9.32 Å². The van der Waals surface area contributed by atoms with Crippen LogP contribution >= 0.6 is 11.3 Å². The Labute approximate surface area is 329 Å². The van der Waals surface area contributed by atoms with E-state index in [1.165, 1.54) is 70.2 Å². The smallest absolute Gasteiger partial charge is 0.139 e. The van der Waals surface area contributed by atoms with Crippen LogP contribution in [0.15, 0.2) is 174 Å². The molecule has 0 saturated carbocycles. The predicted octanol–water partition coefficient (Wildman–Crippen LogP) is 15.1. The second-order valence-electron chi connectivity index (χ2n) is 16.2. The summed E-state index contributed by atoms with van der Waals surface area (Å²) in [4.78, 5) is 2.44. The Hall–Kier alpha value is -6.42. The van der Waals surface area contributed by atoms with Crippen molar-refractivity contribution >= 4 is 70.5 Å². The van der Waals surface area contributed by atoms with Gasteiger partial charge in [0.15, 0.2) is 0 Å². The van der Waals surface area contributed by atoms with Crippen molar-refractivity contribution in [2.75, 3.05) is 4.90 Å².